The third-order valence-corrected chi connectivity index (χ3v) is 2.71. The van der Waals surface area contributed by atoms with Crippen LogP contribution in [0.25, 0.3) is 0 Å². The van der Waals surface area contributed by atoms with Gasteiger partial charge < -0.3 is 19.6 Å². The molecule has 0 saturated carbocycles. The second-order valence-corrected chi connectivity index (χ2v) is 4.55. The van der Waals surface area contributed by atoms with E-state index in [4.69, 9.17) is 9.47 Å². The number of hydrogen-bond donors (Lipinski definition) is 1. The minimum Gasteiger partial charge on any atom is -0.495 e. The zero-order chi connectivity index (χ0) is 17.4. The van der Waals surface area contributed by atoms with Gasteiger partial charge in [-0.15, -0.1) is 0 Å². The fourth-order valence-electron chi connectivity index (χ4n) is 1.59. The Morgan fingerprint density at radius 2 is 1.96 bits per heavy atom. The third kappa shape index (κ3) is 6.12. The van der Waals surface area contributed by atoms with E-state index in [1.165, 1.54) is 26.2 Å². The zero-order valence-corrected chi connectivity index (χ0v) is 12.7. The molecule has 0 spiro atoms. The number of nitrogens with one attached hydrogen (secondary N) is 1. The number of methoxy groups -OCH3 is 1. The van der Waals surface area contributed by atoms with Gasteiger partial charge in [0.15, 0.2) is 6.61 Å². The molecule has 1 rings (SSSR count). The number of nitrogens with zero attached hydrogens (tertiary/aromatic N) is 1. The number of rotatable bonds is 8. The first-order valence-electron chi connectivity index (χ1n) is 6.60. The first-order valence-corrected chi connectivity index (χ1v) is 6.60. The molecule has 0 fully saturated rings. The molecule has 0 radical (unpaired) electrons. The van der Waals surface area contributed by atoms with Gasteiger partial charge in [0.25, 0.3) is 11.6 Å². The largest absolute Gasteiger partial charge is 0.495 e. The molecule has 1 aromatic rings. The fraction of sp³-hybridized carbons (Fsp3) is 0.357. The molecular weight excluding hydrogens is 308 g/mol. The number of Topliss-reactive ketones (excluding diaryl/α,β-unsaturated/α-hetero) is 1. The Morgan fingerprint density at radius 1 is 1.26 bits per heavy atom. The smallest absolute Gasteiger partial charge is 0.306 e. The number of carbonyl (C=O) groups excluding carboxylic acids is 3. The summed E-state index contributed by atoms with van der Waals surface area (Å²) in [6.07, 6.45) is -0.0676. The van der Waals surface area contributed by atoms with Gasteiger partial charge in [0, 0.05) is 18.6 Å². The third-order valence-electron chi connectivity index (χ3n) is 2.71. The Balaban J connectivity index is 2.63. The zero-order valence-electron chi connectivity index (χ0n) is 12.7. The Bertz CT molecular complexity index is 628. The highest BCUT2D eigenvalue weighted by molar-refractivity contribution is 5.94. The topological polar surface area (TPSA) is 125 Å². The molecule has 0 aliphatic carbocycles. The first kappa shape index (κ1) is 18.1. The summed E-state index contributed by atoms with van der Waals surface area (Å²) in [6, 6.07) is 3.71. The van der Waals surface area contributed by atoms with E-state index in [1.54, 1.807) is 0 Å². The molecule has 0 aromatic heterocycles. The van der Waals surface area contributed by atoms with Crippen molar-refractivity contribution in [3.8, 4) is 5.75 Å². The summed E-state index contributed by atoms with van der Waals surface area (Å²) in [7, 11) is 1.35. The summed E-state index contributed by atoms with van der Waals surface area (Å²) in [6.45, 7) is 0.775. The summed E-state index contributed by atoms with van der Waals surface area (Å²) >= 11 is 0. The number of ketones is 1. The molecule has 1 N–H and O–H groups in total. The molecule has 0 atom stereocenters. The van der Waals surface area contributed by atoms with Crippen LogP contribution in [0.2, 0.25) is 0 Å². The molecule has 9 heteroatoms. The van der Waals surface area contributed by atoms with E-state index in [9.17, 15) is 24.5 Å². The highest BCUT2D eigenvalue weighted by Crippen LogP contribution is 2.28. The molecule has 0 heterocycles. The van der Waals surface area contributed by atoms with Crippen LogP contribution < -0.4 is 10.1 Å². The summed E-state index contributed by atoms with van der Waals surface area (Å²) in [5.74, 6) is -1.29. The molecular formula is C14H16N2O7. The molecule has 0 saturated heterocycles. The first-order chi connectivity index (χ1) is 10.8. The van der Waals surface area contributed by atoms with Gasteiger partial charge in [-0.3, -0.25) is 19.7 Å². The number of nitro groups is 1. The average molecular weight is 324 g/mol. The van der Waals surface area contributed by atoms with Crippen molar-refractivity contribution in [2.45, 2.75) is 19.8 Å². The highest BCUT2D eigenvalue weighted by Gasteiger charge is 2.15. The van der Waals surface area contributed by atoms with E-state index in [2.05, 4.69) is 5.32 Å². The monoisotopic (exact) mass is 324 g/mol. The second-order valence-electron chi connectivity index (χ2n) is 4.55. The maximum Gasteiger partial charge on any atom is 0.306 e. The molecule has 0 aliphatic heterocycles. The minimum absolute atomic E-state index is 0.0408. The van der Waals surface area contributed by atoms with Crippen LogP contribution in [0, 0.1) is 10.1 Å². The van der Waals surface area contributed by atoms with Crippen LogP contribution in [0.15, 0.2) is 18.2 Å². The highest BCUT2D eigenvalue weighted by atomic mass is 16.6. The number of anilines is 1. The predicted octanol–water partition coefficient (Wildman–Crippen LogP) is 1.45. The quantitative estimate of drug-likeness (QED) is 0.436. The van der Waals surface area contributed by atoms with Crippen molar-refractivity contribution < 1.29 is 28.8 Å². The normalized spacial score (nSPS) is 9.83. The van der Waals surface area contributed by atoms with E-state index in [-0.39, 0.29) is 35.7 Å². The molecule has 0 bridgehead atoms. The Labute approximate surface area is 131 Å². The van der Waals surface area contributed by atoms with Crippen LogP contribution in [0.3, 0.4) is 0 Å². The molecule has 1 amide bonds. The van der Waals surface area contributed by atoms with Crippen LogP contribution in [0.5, 0.6) is 5.75 Å². The van der Waals surface area contributed by atoms with Gasteiger partial charge in [-0.05, 0) is 13.0 Å². The molecule has 0 unspecified atom stereocenters. The van der Waals surface area contributed by atoms with Gasteiger partial charge in [0.1, 0.15) is 11.5 Å². The van der Waals surface area contributed by atoms with Gasteiger partial charge >= 0.3 is 5.97 Å². The Hall–Kier alpha value is -2.97. The van der Waals surface area contributed by atoms with Gasteiger partial charge in [0.2, 0.25) is 0 Å². The molecule has 9 nitrogen and oxygen atoms in total. The van der Waals surface area contributed by atoms with Crippen LogP contribution in [0.1, 0.15) is 19.8 Å². The van der Waals surface area contributed by atoms with Gasteiger partial charge in [0.05, 0.1) is 24.1 Å². The van der Waals surface area contributed by atoms with Gasteiger partial charge in [-0.1, -0.05) is 0 Å². The van der Waals surface area contributed by atoms with Crippen molar-refractivity contribution >= 4 is 29.0 Å². The van der Waals surface area contributed by atoms with Gasteiger partial charge in [-0.2, -0.15) is 0 Å². The number of esters is 1. The van der Waals surface area contributed by atoms with Crippen LogP contribution >= 0.6 is 0 Å². The van der Waals surface area contributed by atoms with E-state index >= 15 is 0 Å². The molecule has 124 valence electrons. The Kier molecular flexibility index (Phi) is 6.66. The van der Waals surface area contributed by atoms with Crippen LogP contribution in [-0.4, -0.2) is 36.3 Å². The van der Waals surface area contributed by atoms with Crippen LogP contribution in [0.4, 0.5) is 11.4 Å². The van der Waals surface area contributed by atoms with Crippen molar-refractivity contribution in [3.63, 3.8) is 0 Å². The lowest BCUT2D eigenvalue weighted by Gasteiger charge is -2.10. The number of carbonyl (C=O) groups is 3. The molecule has 1 aromatic carbocycles. The lowest BCUT2D eigenvalue weighted by atomic mass is 10.2. The second kappa shape index (κ2) is 8.47. The number of ether oxygens (including phenoxy) is 2. The Morgan fingerprint density at radius 3 is 2.52 bits per heavy atom. The average Bonchev–Trinajstić information content (AvgIpc) is 2.50. The van der Waals surface area contributed by atoms with Crippen molar-refractivity contribution in [1.82, 2.24) is 0 Å². The number of amides is 1. The summed E-state index contributed by atoms with van der Waals surface area (Å²) in [5.41, 5.74) is -0.133. The molecule has 0 aliphatic rings. The summed E-state index contributed by atoms with van der Waals surface area (Å²) in [4.78, 5) is 43.9. The van der Waals surface area contributed by atoms with Crippen molar-refractivity contribution in [3.05, 3.63) is 28.3 Å². The summed E-state index contributed by atoms with van der Waals surface area (Å²) < 4.78 is 9.69. The van der Waals surface area contributed by atoms with Crippen molar-refractivity contribution in [2.24, 2.45) is 0 Å². The maximum absolute atomic E-state index is 11.7. The standard InChI is InChI=1S/C14H16N2O7/c1-9(17)3-6-14(19)23-8-13(18)15-11-7-10(16(20)21)4-5-12(11)22-2/h4-5,7H,3,6,8H2,1-2H3,(H,15,18). The maximum atomic E-state index is 11.7. The van der Waals surface area contributed by atoms with E-state index in [1.807, 2.05) is 0 Å². The van der Waals surface area contributed by atoms with Crippen molar-refractivity contribution in [2.75, 3.05) is 19.0 Å². The molecule has 23 heavy (non-hydrogen) atoms. The van der Waals surface area contributed by atoms with E-state index in [0.29, 0.717) is 0 Å². The lowest BCUT2D eigenvalue weighted by molar-refractivity contribution is -0.384. The van der Waals surface area contributed by atoms with Crippen molar-refractivity contribution in [1.29, 1.82) is 0 Å². The number of benzene rings is 1. The van der Waals surface area contributed by atoms with E-state index in [0.717, 1.165) is 6.07 Å². The lowest BCUT2D eigenvalue weighted by Crippen LogP contribution is -2.21. The predicted molar refractivity (Wildman–Crippen MR) is 79.2 cm³/mol. The summed E-state index contributed by atoms with van der Waals surface area (Å²) in [5, 5.41) is 13.1. The number of hydrogen-bond acceptors (Lipinski definition) is 7. The minimum atomic E-state index is -0.681. The van der Waals surface area contributed by atoms with Gasteiger partial charge in [-0.25, -0.2) is 0 Å². The fourth-order valence-corrected chi connectivity index (χ4v) is 1.59. The van der Waals surface area contributed by atoms with Crippen LogP contribution in [-0.2, 0) is 19.1 Å². The SMILES string of the molecule is COc1ccc([N+](=O)[O-])cc1NC(=O)COC(=O)CCC(C)=O. The number of non-ortho nitro benzene ring substituents is 1. The van der Waals surface area contributed by atoms with E-state index < -0.39 is 23.4 Å². The number of nitro benzene ring substituents is 1.